The highest BCUT2D eigenvalue weighted by Gasteiger charge is 2.51. The minimum absolute atomic E-state index is 0.243. The van der Waals surface area contributed by atoms with Crippen molar-refractivity contribution < 1.29 is 19.4 Å². The number of carboxylic acids is 1. The second kappa shape index (κ2) is 3.10. The lowest BCUT2D eigenvalue weighted by Gasteiger charge is -2.42. The second-order valence-corrected chi connectivity index (χ2v) is 2.56. The summed E-state index contributed by atoms with van der Waals surface area (Å²) in [6.07, 6.45) is -0.789. The molecule has 68 valence electrons. The monoisotopic (exact) mass is 173 g/mol. The highest BCUT2D eigenvalue weighted by molar-refractivity contribution is 5.98. The van der Waals surface area contributed by atoms with Gasteiger partial charge in [0.05, 0.1) is 0 Å². The number of nitrogens with zero attached hydrogens (tertiary/aromatic N) is 1. The number of hydrogen-bond donors (Lipinski definition) is 1. The van der Waals surface area contributed by atoms with Crippen LogP contribution in [0.1, 0.15) is 6.92 Å². The van der Waals surface area contributed by atoms with Gasteiger partial charge in [-0.05, 0) is 6.92 Å². The molecule has 0 unspecified atom stereocenters. The largest absolute Gasteiger partial charge is 0.480 e. The number of carbonyl (C=O) groups is 2. The summed E-state index contributed by atoms with van der Waals surface area (Å²) in [7, 11) is 1.34. The number of aliphatic carboxylic acids is 1. The van der Waals surface area contributed by atoms with Crippen LogP contribution in [0.3, 0.4) is 0 Å². The lowest BCUT2D eigenvalue weighted by atomic mass is 9.98. The van der Waals surface area contributed by atoms with E-state index in [1.165, 1.54) is 12.0 Å². The molecule has 0 aliphatic carbocycles. The summed E-state index contributed by atoms with van der Waals surface area (Å²) in [5.74, 6) is -1.25. The Kier molecular flexibility index (Phi) is 2.32. The maximum atomic E-state index is 11.1. The number of carboxylic acid groups (broad SMARTS) is 1. The molecule has 1 rings (SSSR count). The predicted molar refractivity (Wildman–Crippen MR) is 39.6 cm³/mol. The third-order valence-corrected chi connectivity index (χ3v) is 2.00. The molecule has 1 N–H and O–H groups in total. The number of ether oxygens (including phenoxy) is 1. The Morgan fingerprint density at radius 2 is 2.33 bits per heavy atom. The van der Waals surface area contributed by atoms with Crippen molar-refractivity contribution in [3.63, 3.8) is 0 Å². The van der Waals surface area contributed by atoms with Gasteiger partial charge in [0.1, 0.15) is 0 Å². The molecular formula is C7H11NO4. The number of carbonyl (C=O) groups excluding carboxylic acids is 1. The molecule has 12 heavy (non-hydrogen) atoms. The van der Waals surface area contributed by atoms with Crippen LogP contribution in [0.25, 0.3) is 0 Å². The molecule has 1 aliphatic rings. The third-order valence-electron chi connectivity index (χ3n) is 2.00. The fourth-order valence-corrected chi connectivity index (χ4v) is 1.36. The molecule has 1 aliphatic heterocycles. The first-order valence-electron chi connectivity index (χ1n) is 3.69. The van der Waals surface area contributed by atoms with Crippen LogP contribution in [0.4, 0.5) is 0 Å². The summed E-state index contributed by atoms with van der Waals surface area (Å²) in [6, 6.07) is -0.799. The van der Waals surface area contributed by atoms with Crippen LogP contribution in [0.15, 0.2) is 0 Å². The average molecular weight is 173 g/mol. The van der Waals surface area contributed by atoms with E-state index in [9.17, 15) is 9.59 Å². The molecule has 1 heterocycles. The topological polar surface area (TPSA) is 66.8 Å². The van der Waals surface area contributed by atoms with Crippen molar-refractivity contribution in [2.45, 2.75) is 19.1 Å². The summed E-state index contributed by atoms with van der Waals surface area (Å²) in [6.45, 7) is 2.15. The molecule has 0 aromatic rings. The van der Waals surface area contributed by atoms with Crippen LogP contribution in [0.5, 0.6) is 0 Å². The summed E-state index contributed by atoms with van der Waals surface area (Å²) >= 11 is 0. The lowest BCUT2D eigenvalue weighted by Crippen LogP contribution is -2.68. The van der Waals surface area contributed by atoms with E-state index < -0.39 is 18.1 Å². The van der Waals surface area contributed by atoms with Gasteiger partial charge in [-0.15, -0.1) is 0 Å². The molecule has 5 heteroatoms. The normalized spacial score (nSPS) is 28.5. The Bertz CT molecular complexity index is 201. The van der Waals surface area contributed by atoms with Gasteiger partial charge < -0.3 is 14.7 Å². The van der Waals surface area contributed by atoms with E-state index in [4.69, 9.17) is 9.84 Å². The van der Waals surface area contributed by atoms with Gasteiger partial charge in [0.15, 0.2) is 12.1 Å². The molecule has 0 spiro atoms. The Morgan fingerprint density at radius 1 is 1.75 bits per heavy atom. The lowest BCUT2D eigenvalue weighted by molar-refractivity contribution is -0.181. The van der Waals surface area contributed by atoms with E-state index in [-0.39, 0.29) is 5.91 Å². The molecule has 2 atom stereocenters. The van der Waals surface area contributed by atoms with Gasteiger partial charge in [0, 0.05) is 13.7 Å². The van der Waals surface area contributed by atoms with E-state index >= 15 is 0 Å². The van der Waals surface area contributed by atoms with Crippen LogP contribution in [-0.2, 0) is 14.3 Å². The van der Waals surface area contributed by atoms with Crippen LogP contribution in [-0.4, -0.2) is 47.7 Å². The number of likely N-dealkylation sites (tertiary alicyclic amines) is 1. The Labute approximate surface area is 69.9 Å². The van der Waals surface area contributed by atoms with Gasteiger partial charge in [0.2, 0.25) is 0 Å². The number of β-lactam (4-membered cyclic amide) rings is 1. The summed E-state index contributed by atoms with van der Waals surface area (Å²) < 4.78 is 4.73. The second-order valence-electron chi connectivity index (χ2n) is 2.56. The quantitative estimate of drug-likeness (QED) is 0.574. The number of methoxy groups -OCH3 is 1. The van der Waals surface area contributed by atoms with Crippen molar-refractivity contribution in [1.29, 1.82) is 0 Å². The maximum Gasteiger partial charge on any atom is 0.329 e. The minimum Gasteiger partial charge on any atom is -0.480 e. The van der Waals surface area contributed by atoms with Crippen molar-refractivity contribution in [1.82, 2.24) is 4.90 Å². The molecular weight excluding hydrogens is 162 g/mol. The van der Waals surface area contributed by atoms with Crippen LogP contribution >= 0.6 is 0 Å². The molecule has 0 bridgehead atoms. The van der Waals surface area contributed by atoms with E-state index in [1.807, 2.05) is 0 Å². The zero-order valence-electron chi connectivity index (χ0n) is 6.98. The zero-order chi connectivity index (χ0) is 9.30. The average Bonchev–Trinajstić information content (AvgIpc) is 2.01. The molecule has 0 aromatic heterocycles. The van der Waals surface area contributed by atoms with Gasteiger partial charge in [0.25, 0.3) is 5.91 Å². The molecule has 1 amide bonds. The maximum absolute atomic E-state index is 11.1. The molecule has 1 fully saturated rings. The third kappa shape index (κ3) is 1.06. The molecule has 1 saturated heterocycles. The fourth-order valence-electron chi connectivity index (χ4n) is 1.36. The number of amides is 1. The van der Waals surface area contributed by atoms with Crippen LogP contribution in [0, 0.1) is 0 Å². The van der Waals surface area contributed by atoms with E-state index in [1.54, 1.807) is 6.92 Å². The first kappa shape index (κ1) is 8.99. The van der Waals surface area contributed by atoms with Crippen molar-refractivity contribution in [3.8, 4) is 0 Å². The fraction of sp³-hybridized carbons (Fsp3) is 0.714. The highest BCUT2D eigenvalue weighted by atomic mass is 16.5. The molecule has 0 radical (unpaired) electrons. The smallest absolute Gasteiger partial charge is 0.329 e. The van der Waals surface area contributed by atoms with E-state index in [0.29, 0.717) is 6.54 Å². The zero-order valence-corrected chi connectivity index (χ0v) is 6.98. The number of rotatable bonds is 3. The van der Waals surface area contributed by atoms with Crippen molar-refractivity contribution in [3.05, 3.63) is 0 Å². The van der Waals surface area contributed by atoms with E-state index in [0.717, 1.165) is 0 Å². The van der Waals surface area contributed by atoms with Crippen molar-refractivity contribution in [2.75, 3.05) is 13.7 Å². The number of likely N-dealkylation sites (N-methyl/N-ethyl adjacent to an activating group) is 1. The van der Waals surface area contributed by atoms with Crippen molar-refractivity contribution >= 4 is 11.9 Å². The standard InChI is InChI=1S/C7H11NO4/c1-3-8-4(7(10)11)5(12-2)6(8)9/h4-5H,3H2,1-2H3,(H,10,11)/t4-,5+/m0/s1. The van der Waals surface area contributed by atoms with Gasteiger partial charge in [-0.3, -0.25) is 4.79 Å². The SMILES string of the molecule is CCN1C(=O)[C@H](OC)[C@H]1C(=O)O. The molecule has 0 saturated carbocycles. The van der Waals surface area contributed by atoms with Gasteiger partial charge in [-0.25, -0.2) is 4.79 Å². The Hall–Kier alpha value is -1.10. The first-order valence-corrected chi connectivity index (χ1v) is 3.69. The summed E-state index contributed by atoms with van der Waals surface area (Å²) in [5.41, 5.74) is 0. The number of hydrogen-bond acceptors (Lipinski definition) is 3. The van der Waals surface area contributed by atoms with Gasteiger partial charge >= 0.3 is 5.97 Å². The summed E-state index contributed by atoms with van der Waals surface area (Å²) in [5, 5.41) is 8.68. The van der Waals surface area contributed by atoms with E-state index in [2.05, 4.69) is 0 Å². The molecule has 5 nitrogen and oxygen atoms in total. The van der Waals surface area contributed by atoms with Gasteiger partial charge in [-0.1, -0.05) is 0 Å². The van der Waals surface area contributed by atoms with Gasteiger partial charge in [-0.2, -0.15) is 0 Å². The highest BCUT2D eigenvalue weighted by Crippen LogP contribution is 2.21. The van der Waals surface area contributed by atoms with Crippen LogP contribution < -0.4 is 0 Å². The summed E-state index contributed by atoms with van der Waals surface area (Å²) in [4.78, 5) is 22.9. The Morgan fingerprint density at radius 3 is 2.67 bits per heavy atom. The Balaban J connectivity index is 2.70. The van der Waals surface area contributed by atoms with Crippen LogP contribution in [0.2, 0.25) is 0 Å². The minimum atomic E-state index is -1.01. The first-order chi connectivity index (χ1) is 5.63. The predicted octanol–water partition coefficient (Wildman–Crippen LogP) is -0.683. The molecule has 0 aromatic carbocycles. The van der Waals surface area contributed by atoms with Crippen molar-refractivity contribution in [2.24, 2.45) is 0 Å².